The SMILES string of the molecule is OCCC1=CNNNC1=S. The van der Waals surface area contributed by atoms with Crippen LogP contribution in [0.1, 0.15) is 6.42 Å². The number of aliphatic hydroxyl groups excluding tert-OH is 1. The number of hydrazine groups is 2. The minimum Gasteiger partial charge on any atom is -0.396 e. The third kappa shape index (κ3) is 1.66. The number of hydrogen-bond donors (Lipinski definition) is 4. The smallest absolute Gasteiger partial charge is 0.119 e. The van der Waals surface area contributed by atoms with E-state index < -0.39 is 0 Å². The van der Waals surface area contributed by atoms with Crippen molar-refractivity contribution in [1.82, 2.24) is 16.4 Å². The quantitative estimate of drug-likeness (QED) is 0.397. The van der Waals surface area contributed by atoms with Gasteiger partial charge in [-0.1, -0.05) is 12.2 Å². The second-order valence-corrected chi connectivity index (χ2v) is 2.27. The van der Waals surface area contributed by atoms with E-state index in [1.807, 2.05) is 0 Å². The molecule has 0 saturated heterocycles. The molecule has 0 amide bonds. The third-order valence-electron chi connectivity index (χ3n) is 1.17. The maximum absolute atomic E-state index is 8.56. The van der Waals surface area contributed by atoms with Crippen molar-refractivity contribution in [3.63, 3.8) is 0 Å². The van der Waals surface area contributed by atoms with Gasteiger partial charge in [0.1, 0.15) is 4.99 Å². The minimum absolute atomic E-state index is 0.120. The summed E-state index contributed by atoms with van der Waals surface area (Å²) in [5.74, 6) is 0. The van der Waals surface area contributed by atoms with E-state index in [-0.39, 0.29) is 6.61 Å². The molecule has 5 heteroatoms. The van der Waals surface area contributed by atoms with Crippen LogP contribution < -0.4 is 16.4 Å². The van der Waals surface area contributed by atoms with Crippen LogP contribution in [0.2, 0.25) is 0 Å². The molecule has 10 heavy (non-hydrogen) atoms. The standard InChI is InChI=1S/C5H9N3OS/c9-2-1-4-3-6-8-7-5(4)10/h3,6,8-9H,1-2H2,(H,7,10). The highest BCUT2D eigenvalue weighted by Gasteiger charge is 2.06. The predicted molar refractivity (Wildman–Crippen MR) is 41.8 cm³/mol. The molecule has 0 fully saturated rings. The second-order valence-electron chi connectivity index (χ2n) is 1.87. The number of thiocarbonyl (C=S) groups is 1. The lowest BCUT2D eigenvalue weighted by Gasteiger charge is -2.17. The van der Waals surface area contributed by atoms with Crippen LogP contribution in [0.25, 0.3) is 0 Å². The average molecular weight is 159 g/mol. The van der Waals surface area contributed by atoms with E-state index in [4.69, 9.17) is 17.3 Å². The lowest BCUT2D eigenvalue weighted by molar-refractivity contribution is 0.300. The maximum atomic E-state index is 8.56. The summed E-state index contributed by atoms with van der Waals surface area (Å²) >= 11 is 4.90. The highest BCUT2D eigenvalue weighted by atomic mass is 32.1. The molecular weight excluding hydrogens is 150 g/mol. The van der Waals surface area contributed by atoms with Crippen LogP contribution in [-0.4, -0.2) is 16.7 Å². The van der Waals surface area contributed by atoms with E-state index in [0.29, 0.717) is 11.4 Å². The molecule has 56 valence electrons. The van der Waals surface area contributed by atoms with Gasteiger partial charge in [-0.3, -0.25) is 5.43 Å². The van der Waals surface area contributed by atoms with Crippen LogP contribution in [0.4, 0.5) is 0 Å². The van der Waals surface area contributed by atoms with Crippen molar-refractivity contribution >= 4 is 17.2 Å². The average Bonchev–Trinajstić information content (AvgIpc) is 1.94. The van der Waals surface area contributed by atoms with Crippen LogP contribution >= 0.6 is 12.2 Å². The third-order valence-corrected chi connectivity index (χ3v) is 1.53. The van der Waals surface area contributed by atoms with Gasteiger partial charge < -0.3 is 10.5 Å². The van der Waals surface area contributed by atoms with E-state index in [1.165, 1.54) is 0 Å². The molecule has 0 aliphatic carbocycles. The zero-order chi connectivity index (χ0) is 7.40. The monoisotopic (exact) mass is 159 g/mol. The van der Waals surface area contributed by atoms with Crippen molar-refractivity contribution < 1.29 is 5.11 Å². The Morgan fingerprint density at radius 2 is 2.40 bits per heavy atom. The van der Waals surface area contributed by atoms with Gasteiger partial charge in [-0.15, -0.1) is 5.53 Å². The van der Waals surface area contributed by atoms with E-state index in [0.717, 1.165) is 5.57 Å². The molecule has 0 aromatic rings. The lowest BCUT2D eigenvalue weighted by Crippen LogP contribution is -2.48. The molecule has 1 aliphatic heterocycles. The van der Waals surface area contributed by atoms with Gasteiger partial charge in [-0.25, -0.2) is 0 Å². The minimum atomic E-state index is 0.120. The Bertz CT molecular complexity index is 168. The van der Waals surface area contributed by atoms with E-state index in [2.05, 4.69) is 16.4 Å². The van der Waals surface area contributed by atoms with Crippen LogP contribution in [-0.2, 0) is 0 Å². The highest BCUT2D eigenvalue weighted by molar-refractivity contribution is 7.80. The maximum Gasteiger partial charge on any atom is 0.119 e. The second kappa shape index (κ2) is 3.50. The molecule has 1 aliphatic rings. The van der Waals surface area contributed by atoms with Crippen molar-refractivity contribution in [2.24, 2.45) is 0 Å². The molecular formula is C5H9N3OS. The molecule has 0 aromatic carbocycles. The summed E-state index contributed by atoms with van der Waals surface area (Å²) in [6, 6.07) is 0. The Morgan fingerprint density at radius 3 is 3.00 bits per heavy atom. The van der Waals surface area contributed by atoms with Gasteiger partial charge in [0.05, 0.1) is 0 Å². The summed E-state index contributed by atoms with van der Waals surface area (Å²) in [4.78, 5) is 0.632. The summed E-state index contributed by atoms with van der Waals surface area (Å²) < 4.78 is 0. The van der Waals surface area contributed by atoms with Crippen molar-refractivity contribution in [3.8, 4) is 0 Å². The molecule has 1 heterocycles. The number of aliphatic hydroxyl groups is 1. The Labute approximate surface area is 64.2 Å². The first-order valence-corrected chi connectivity index (χ1v) is 3.36. The van der Waals surface area contributed by atoms with Gasteiger partial charge in [-0.05, 0) is 6.42 Å². The molecule has 0 atom stereocenters. The van der Waals surface area contributed by atoms with E-state index in [1.54, 1.807) is 6.20 Å². The molecule has 0 saturated carbocycles. The molecule has 0 unspecified atom stereocenters. The Balaban J connectivity index is 2.53. The predicted octanol–water partition coefficient (Wildman–Crippen LogP) is -0.807. The van der Waals surface area contributed by atoms with E-state index in [9.17, 15) is 0 Å². The molecule has 0 aromatic heterocycles. The largest absolute Gasteiger partial charge is 0.396 e. The summed E-state index contributed by atoms with van der Waals surface area (Å²) in [6.07, 6.45) is 2.32. The van der Waals surface area contributed by atoms with Crippen LogP contribution in [0.5, 0.6) is 0 Å². The van der Waals surface area contributed by atoms with E-state index >= 15 is 0 Å². The van der Waals surface area contributed by atoms with Gasteiger partial charge in [0.15, 0.2) is 0 Å². The molecule has 4 nitrogen and oxygen atoms in total. The first-order valence-electron chi connectivity index (χ1n) is 2.95. The van der Waals surface area contributed by atoms with Crippen molar-refractivity contribution in [1.29, 1.82) is 0 Å². The lowest BCUT2D eigenvalue weighted by atomic mass is 10.2. The molecule has 4 N–H and O–H groups in total. The zero-order valence-corrected chi connectivity index (χ0v) is 6.16. The van der Waals surface area contributed by atoms with Crippen molar-refractivity contribution in [3.05, 3.63) is 11.8 Å². The Hall–Kier alpha value is -0.650. The van der Waals surface area contributed by atoms with Crippen LogP contribution in [0, 0.1) is 0 Å². The molecule has 0 spiro atoms. The van der Waals surface area contributed by atoms with Gasteiger partial charge in [0.25, 0.3) is 0 Å². The fourth-order valence-electron chi connectivity index (χ4n) is 0.668. The van der Waals surface area contributed by atoms with Crippen LogP contribution in [0.15, 0.2) is 11.8 Å². The van der Waals surface area contributed by atoms with Gasteiger partial charge in [0, 0.05) is 18.4 Å². The zero-order valence-electron chi connectivity index (χ0n) is 5.35. The topological polar surface area (TPSA) is 56.3 Å². The number of nitrogens with one attached hydrogen (secondary N) is 3. The fourth-order valence-corrected chi connectivity index (χ4v) is 0.880. The Morgan fingerprint density at radius 1 is 1.60 bits per heavy atom. The summed E-state index contributed by atoms with van der Waals surface area (Å²) in [7, 11) is 0. The fraction of sp³-hybridized carbons (Fsp3) is 0.400. The first-order chi connectivity index (χ1) is 4.84. The molecule has 0 bridgehead atoms. The number of rotatable bonds is 2. The van der Waals surface area contributed by atoms with Gasteiger partial charge in [-0.2, -0.15) is 0 Å². The normalized spacial score (nSPS) is 17.3. The summed E-state index contributed by atoms with van der Waals surface area (Å²) in [5, 5.41) is 8.56. The highest BCUT2D eigenvalue weighted by Crippen LogP contribution is 2.01. The summed E-state index contributed by atoms with van der Waals surface area (Å²) in [6.45, 7) is 0.120. The van der Waals surface area contributed by atoms with Crippen LogP contribution in [0.3, 0.4) is 0 Å². The number of hydrogen-bond acceptors (Lipinski definition) is 4. The molecule has 1 rings (SSSR count). The first kappa shape index (κ1) is 7.46. The van der Waals surface area contributed by atoms with Gasteiger partial charge >= 0.3 is 0 Å². The summed E-state index contributed by atoms with van der Waals surface area (Å²) in [5.41, 5.74) is 8.97. The van der Waals surface area contributed by atoms with Crippen molar-refractivity contribution in [2.45, 2.75) is 6.42 Å². The Kier molecular flexibility index (Phi) is 2.61. The molecule has 0 radical (unpaired) electrons. The van der Waals surface area contributed by atoms with Crippen molar-refractivity contribution in [2.75, 3.05) is 6.61 Å². The van der Waals surface area contributed by atoms with Gasteiger partial charge in [0.2, 0.25) is 0 Å².